The molecule has 0 aromatic heterocycles. The van der Waals surface area contributed by atoms with Crippen molar-refractivity contribution in [1.82, 2.24) is 15.5 Å². The molecule has 1 rings (SSSR count). The molecule has 0 aliphatic carbocycles. The minimum absolute atomic E-state index is 0. The van der Waals surface area contributed by atoms with Crippen molar-refractivity contribution in [3.05, 3.63) is 0 Å². The van der Waals surface area contributed by atoms with Crippen LogP contribution >= 0.6 is 24.0 Å². The quantitative estimate of drug-likeness (QED) is 0.300. The van der Waals surface area contributed by atoms with E-state index < -0.39 is 9.84 Å². The summed E-state index contributed by atoms with van der Waals surface area (Å²) in [6.07, 6.45) is 1.83. The maximum atomic E-state index is 11.3. The Morgan fingerprint density at radius 3 is 2.32 bits per heavy atom. The molecule has 1 saturated heterocycles. The highest BCUT2D eigenvalue weighted by atomic mass is 127. The Morgan fingerprint density at radius 1 is 1.24 bits per heavy atom. The van der Waals surface area contributed by atoms with E-state index in [0.29, 0.717) is 18.4 Å². The molecule has 0 amide bonds. The molecule has 1 aliphatic rings. The Bertz CT molecular complexity index is 494. The van der Waals surface area contributed by atoms with Gasteiger partial charge in [0, 0.05) is 45.0 Å². The zero-order chi connectivity index (χ0) is 18.2. The predicted octanol–water partition coefficient (Wildman–Crippen LogP) is 0.949. The lowest BCUT2D eigenvalue weighted by molar-refractivity contribution is 0.00751. The van der Waals surface area contributed by atoms with Gasteiger partial charge in [0.25, 0.3) is 0 Å². The number of aliphatic imine (C=N–C) groups is 1. The SMILES string of the molecule is CN=C(NCC(C(C)C)N1CCOCC1)NC(C)CCS(C)(=O)=O.I. The van der Waals surface area contributed by atoms with Gasteiger partial charge in [0.1, 0.15) is 9.84 Å². The molecule has 1 heterocycles. The summed E-state index contributed by atoms with van der Waals surface area (Å²) in [4.78, 5) is 6.71. The van der Waals surface area contributed by atoms with Gasteiger partial charge in [0.15, 0.2) is 5.96 Å². The molecule has 2 N–H and O–H groups in total. The first-order chi connectivity index (χ1) is 11.2. The van der Waals surface area contributed by atoms with Crippen LogP contribution in [0.3, 0.4) is 0 Å². The Morgan fingerprint density at radius 2 is 1.84 bits per heavy atom. The van der Waals surface area contributed by atoms with Crippen LogP contribution in [-0.2, 0) is 14.6 Å². The maximum Gasteiger partial charge on any atom is 0.191 e. The number of rotatable bonds is 8. The largest absolute Gasteiger partial charge is 0.379 e. The minimum Gasteiger partial charge on any atom is -0.379 e. The fourth-order valence-corrected chi connectivity index (χ4v) is 3.57. The molecule has 2 atom stereocenters. The number of nitrogens with zero attached hydrogens (tertiary/aromatic N) is 2. The number of ether oxygens (including phenoxy) is 1. The van der Waals surface area contributed by atoms with E-state index in [9.17, 15) is 8.42 Å². The van der Waals surface area contributed by atoms with Crippen molar-refractivity contribution >= 4 is 39.8 Å². The van der Waals surface area contributed by atoms with E-state index in [1.54, 1.807) is 7.05 Å². The first-order valence-corrected chi connectivity index (χ1v) is 10.8. The van der Waals surface area contributed by atoms with Crippen molar-refractivity contribution in [2.75, 3.05) is 51.9 Å². The average Bonchev–Trinajstić information content (AvgIpc) is 2.52. The van der Waals surface area contributed by atoms with Crippen LogP contribution in [0.4, 0.5) is 0 Å². The molecule has 1 aliphatic heterocycles. The highest BCUT2D eigenvalue weighted by Crippen LogP contribution is 2.12. The molecule has 9 heteroatoms. The standard InChI is InChI=1S/C16H34N4O3S.HI/c1-13(2)15(20-7-9-23-10-8-20)12-18-16(17-4)19-14(3)6-11-24(5,21)22;/h13-15H,6-12H2,1-5H3,(H2,17,18,19);1H. The van der Waals surface area contributed by atoms with Gasteiger partial charge in [-0.3, -0.25) is 9.89 Å². The molecule has 0 spiro atoms. The summed E-state index contributed by atoms with van der Waals surface area (Å²) in [7, 11) is -1.20. The lowest BCUT2D eigenvalue weighted by atomic mass is 10.0. The van der Waals surface area contributed by atoms with E-state index in [1.165, 1.54) is 6.26 Å². The number of hydrogen-bond donors (Lipinski definition) is 2. The third-order valence-electron chi connectivity index (χ3n) is 4.29. The van der Waals surface area contributed by atoms with Crippen LogP contribution in [0.1, 0.15) is 27.2 Å². The molecule has 0 aromatic rings. The van der Waals surface area contributed by atoms with Gasteiger partial charge in [0.2, 0.25) is 0 Å². The second kappa shape index (κ2) is 12.3. The minimum atomic E-state index is -2.93. The van der Waals surface area contributed by atoms with Crippen molar-refractivity contribution in [2.24, 2.45) is 10.9 Å². The maximum absolute atomic E-state index is 11.3. The summed E-state index contributed by atoms with van der Waals surface area (Å²) >= 11 is 0. The number of hydrogen-bond acceptors (Lipinski definition) is 5. The number of guanidine groups is 1. The fourth-order valence-electron chi connectivity index (χ4n) is 2.79. The monoisotopic (exact) mass is 490 g/mol. The second-order valence-electron chi connectivity index (χ2n) is 6.88. The Kier molecular flexibility index (Phi) is 12.2. The Hall–Kier alpha value is -0.130. The van der Waals surface area contributed by atoms with Crippen molar-refractivity contribution in [2.45, 2.75) is 39.3 Å². The zero-order valence-electron chi connectivity index (χ0n) is 16.1. The molecule has 1 fully saturated rings. The third kappa shape index (κ3) is 10.6. The van der Waals surface area contributed by atoms with Crippen LogP contribution in [0.2, 0.25) is 0 Å². The molecule has 25 heavy (non-hydrogen) atoms. The fraction of sp³-hybridized carbons (Fsp3) is 0.938. The van der Waals surface area contributed by atoms with Crippen LogP contribution in [0, 0.1) is 5.92 Å². The third-order valence-corrected chi connectivity index (χ3v) is 5.27. The van der Waals surface area contributed by atoms with E-state index in [1.807, 2.05) is 6.92 Å². The van der Waals surface area contributed by atoms with Crippen LogP contribution in [0.25, 0.3) is 0 Å². The van der Waals surface area contributed by atoms with E-state index >= 15 is 0 Å². The average molecular weight is 490 g/mol. The number of morpholine rings is 1. The van der Waals surface area contributed by atoms with Gasteiger partial charge >= 0.3 is 0 Å². The molecule has 0 saturated carbocycles. The normalized spacial score (nSPS) is 19.2. The summed E-state index contributed by atoms with van der Waals surface area (Å²) in [6, 6.07) is 0.464. The Balaban J connectivity index is 0.00000576. The summed E-state index contributed by atoms with van der Waals surface area (Å²) in [6.45, 7) is 10.7. The highest BCUT2D eigenvalue weighted by molar-refractivity contribution is 14.0. The van der Waals surface area contributed by atoms with Crippen LogP contribution in [0.5, 0.6) is 0 Å². The van der Waals surface area contributed by atoms with Crippen molar-refractivity contribution in [3.63, 3.8) is 0 Å². The van der Waals surface area contributed by atoms with Gasteiger partial charge in [-0.1, -0.05) is 13.8 Å². The molecule has 0 aromatic carbocycles. The lowest BCUT2D eigenvalue weighted by Crippen LogP contribution is -2.53. The molecule has 2 unspecified atom stereocenters. The van der Waals surface area contributed by atoms with Gasteiger partial charge in [0.05, 0.1) is 19.0 Å². The van der Waals surface area contributed by atoms with Gasteiger partial charge < -0.3 is 15.4 Å². The number of halogens is 1. The van der Waals surface area contributed by atoms with E-state index in [2.05, 4.69) is 34.4 Å². The van der Waals surface area contributed by atoms with Crippen molar-refractivity contribution in [1.29, 1.82) is 0 Å². The molecular formula is C16H35IN4O3S. The van der Waals surface area contributed by atoms with Crippen molar-refractivity contribution in [3.8, 4) is 0 Å². The number of sulfone groups is 1. The van der Waals surface area contributed by atoms with Gasteiger partial charge in [-0.2, -0.15) is 0 Å². The second-order valence-corrected chi connectivity index (χ2v) is 9.14. The molecule has 0 radical (unpaired) electrons. The molecule has 150 valence electrons. The van der Waals surface area contributed by atoms with Crippen LogP contribution < -0.4 is 10.6 Å². The van der Waals surface area contributed by atoms with Crippen LogP contribution in [-0.4, -0.2) is 83.3 Å². The summed E-state index contributed by atoms with van der Waals surface area (Å²) in [5.74, 6) is 1.42. The first kappa shape index (κ1) is 24.9. The smallest absolute Gasteiger partial charge is 0.191 e. The molecule has 7 nitrogen and oxygen atoms in total. The van der Waals surface area contributed by atoms with Crippen molar-refractivity contribution < 1.29 is 13.2 Å². The highest BCUT2D eigenvalue weighted by Gasteiger charge is 2.24. The summed E-state index contributed by atoms with van der Waals surface area (Å²) in [5, 5.41) is 6.65. The van der Waals surface area contributed by atoms with Gasteiger partial charge in [-0.15, -0.1) is 24.0 Å². The summed E-state index contributed by atoms with van der Waals surface area (Å²) < 4.78 is 28.0. The van der Waals surface area contributed by atoms with Crippen LogP contribution in [0.15, 0.2) is 4.99 Å². The topological polar surface area (TPSA) is 83.0 Å². The molecular weight excluding hydrogens is 455 g/mol. The van der Waals surface area contributed by atoms with E-state index in [0.717, 1.165) is 38.8 Å². The first-order valence-electron chi connectivity index (χ1n) is 8.69. The lowest BCUT2D eigenvalue weighted by Gasteiger charge is -2.37. The van der Waals surface area contributed by atoms with Gasteiger partial charge in [-0.05, 0) is 19.3 Å². The Labute approximate surface area is 170 Å². The van der Waals surface area contributed by atoms with Gasteiger partial charge in [-0.25, -0.2) is 8.42 Å². The van der Waals surface area contributed by atoms with E-state index in [-0.39, 0.29) is 35.8 Å². The van der Waals surface area contributed by atoms with E-state index in [4.69, 9.17) is 4.74 Å². The zero-order valence-corrected chi connectivity index (χ0v) is 19.3. The predicted molar refractivity (Wildman–Crippen MR) is 115 cm³/mol. The molecule has 0 bridgehead atoms. The summed E-state index contributed by atoms with van der Waals surface area (Å²) in [5.41, 5.74) is 0. The number of nitrogens with one attached hydrogen (secondary N) is 2.